The predicted molar refractivity (Wildman–Crippen MR) is 95.8 cm³/mol. The first-order valence-corrected chi connectivity index (χ1v) is 9.13. The minimum Gasteiger partial charge on any atom is -0.372 e. The fourth-order valence-electron chi connectivity index (χ4n) is 2.65. The van der Waals surface area contributed by atoms with E-state index >= 15 is 0 Å². The number of anilines is 1. The summed E-state index contributed by atoms with van der Waals surface area (Å²) >= 11 is 0. The molecule has 0 saturated heterocycles. The molecular formula is C17H15N5O2S. The van der Waals surface area contributed by atoms with E-state index in [0.29, 0.717) is 23.7 Å². The van der Waals surface area contributed by atoms with Gasteiger partial charge < -0.3 is 5.32 Å². The van der Waals surface area contributed by atoms with Crippen molar-refractivity contribution in [3.8, 4) is 5.69 Å². The molecule has 8 heteroatoms. The molecule has 0 unspecified atom stereocenters. The largest absolute Gasteiger partial charge is 0.372 e. The van der Waals surface area contributed by atoms with Crippen molar-refractivity contribution in [3.63, 3.8) is 0 Å². The molecule has 0 amide bonds. The first kappa shape index (κ1) is 15.4. The number of fused-ring (bicyclic) bond motifs is 1. The average Bonchev–Trinajstić information content (AvgIpc) is 3.06. The van der Waals surface area contributed by atoms with E-state index in [9.17, 15) is 8.42 Å². The van der Waals surface area contributed by atoms with Crippen LogP contribution in [0.2, 0.25) is 0 Å². The Hall–Kier alpha value is -3.13. The van der Waals surface area contributed by atoms with Crippen LogP contribution in [-0.4, -0.2) is 24.5 Å². The van der Waals surface area contributed by atoms with Gasteiger partial charge in [0.05, 0.1) is 18.2 Å². The molecule has 4 rings (SSSR count). The minimum absolute atomic E-state index is 0.137. The third-order valence-electron chi connectivity index (χ3n) is 3.80. The molecule has 1 aliphatic heterocycles. The molecule has 2 aromatic carbocycles. The number of hydrogen-bond acceptors (Lipinski definition) is 5. The van der Waals surface area contributed by atoms with Crippen LogP contribution < -0.4 is 10.0 Å². The molecule has 0 saturated carbocycles. The van der Waals surface area contributed by atoms with E-state index in [1.165, 1.54) is 0 Å². The first-order chi connectivity index (χ1) is 12.1. The van der Waals surface area contributed by atoms with Crippen molar-refractivity contribution in [2.24, 2.45) is 4.99 Å². The van der Waals surface area contributed by atoms with Crippen LogP contribution in [0.3, 0.4) is 0 Å². The average molecular weight is 353 g/mol. The predicted octanol–water partition coefficient (Wildman–Crippen LogP) is 2.44. The number of aromatic nitrogens is 2. The number of nitrogens with zero attached hydrogens (tertiary/aromatic N) is 3. The van der Waals surface area contributed by atoms with Gasteiger partial charge in [0, 0.05) is 17.8 Å². The normalized spacial score (nSPS) is 13.1. The van der Waals surface area contributed by atoms with Crippen LogP contribution in [0, 0.1) is 0 Å². The SMILES string of the molecule is O=S(=O)(Nc1ccccc1)c1ccccc1-n1ncc2c1N=CNC2. The lowest BCUT2D eigenvalue weighted by Gasteiger charge is -2.14. The van der Waals surface area contributed by atoms with Crippen molar-refractivity contribution < 1.29 is 8.42 Å². The number of aliphatic imine (C=N–C) groups is 1. The van der Waals surface area contributed by atoms with Gasteiger partial charge in [-0.3, -0.25) is 4.72 Å². The van der Waals surface area contributed by atoms with Crippen molar-refractivity contribution in [1.29, 1.82) is 0 Å². The van der Waals surface area contributed by atoms with Crippen molar-refractivity contribution >= 4 is 27.9 Å². The van der Waals surface area contributed by atoms with E-state index in [-0.39, 0.29) is 4.90 Å². The number of sulfonamides is 1. The molecule has 7 nitrogen and oxygen atoms in total. The molecule has 0 aliphatic carbocycles. The highest BCUT2D eigenvalue weighted by Gasteiger charge is 2.22. The number of rotatable bonds is 4. The Kier molecular flexibility index (Phi) is 3.73. The van der Waals surface area contributed by atoms with Crippen molar-refractivity contribution in [1.82, 2.24) is 15.1 Å². The summed E-state index contributed by atoms with van der Waals surface area (Å²) in [5, 5.41) is 7.33. The summed E-state index contributed by atoms with van der Waals surface area (Å²) in [4.78, 5) is 4.42. The fourth-order valence-corrected chi connectivity index (χ4v) is 3.90. The van der Waals surface area contributed by atoms with Crippen LogP contribution in [0.4, 0.5) is 11.5 Å². The third-order valence-corrected chi connectivity index (χ3v) is 5.23. The maximum atomic E-state index is 12.9. The number of benzene rings is 2. The van der Waals surface area contributed by atoms with Gasteiger partial charge in [0.25, 0.3) is 10.0 Å². The van der Waals surface area contributed by atoms with E-state index < -0.39 is 10.0 Å². The molecule has 1 aromatic heterocycles. The lowest BCUT2D eigenvalue weighted by Crippen LogP contribution is -2.17. The molecule has 0 fully saturated rings. The zero-order chi connectivity index (χ0) is 17.3. The monoisotopic (exact) mass is 353 g/mol. The molecule has 0 atom stereocenters. The number of hydrogen-bond donors (Lipinski definition) is 2. The molecule has 25 heavy (non-hydrogen) atoms. The summed E-state index contributed by atoms with van der Waals surface area (Å²) < 4.78 is 29.9. The summed E-state index contributed by atoms with van der Waals surface area (Å²) in [6, 6.07) is 15.5. The Morgan fingerprint density at radius 1 is 1.04 bits per heavy atom. The Morgan fingerprint density at radius 3 is 2.64 bits per heavy atom. The van der Waals surface area contributed by atoms with Gasteiger partial charge in [0.1, 0.15) is 4.90 Å². The lowest BCUT2D eigenvalue weighted by atomic mass is 10.3. The zero-order valence-electron chi connectivity index (χ0n) is 13.1. The minimum atomic E-state index is -3.77. The first-order valence-electron chi connectivity index (χ1n) is 7.65. The van der Waals surface area contributed by atoms with Gasteiger partial charge in [-0.05, 0) is 24.3 Å². The molecule has 0 bridgehead atoms. The van der Waals surface area contributed by atoms with Gasteiger partial charge in [-0.25, -0.2) is 18.1 Å². The Balaban J connectivity index is 1.80. The summed E-state index contributed by atoms with van der Waals surface area (Å²) in [6.07, 6.45) is 3.27. The van der Waals surface area contributed by atoms with E-state index in [4.69, 9.17) is 0 Å². The molecule has 2 heterocycles. The van der Waals surface area contributed by atoms with Gasteiger partial charge >= 0.3 is 0 Å². The van der Waals surface area contributed by atoms with Crippen LogP contribution in [0.25, 0.3) is 5.69 Å². The van der Waals surface area contributed by atoms with Gasteiger partial charge in [0.2, 0.25) is 0 Å². The molecule has 1 aliphatic rings. The van der Waals surface area contributed by atoms with E-state index in [1.54, 1.807) is 65.7 Å². The summed E-state index contributed by atoms with van der Waals surface area (Å²) in [5.74, 6) is 0.626. The Morgan fingerprint density at radius 2 is 1.80 bits per heavy atom. The van der Waals surface area contributed by atoms with Crippen LogP contribution in [-0.2, 0) is 16.6 Å². The second kappa shape index (κ2) is 6.06. The standard InChI is InChI=1S/C17H15N5O2S/c23-25(24,21-14-6-2-1-3-7-14)16-9-5-4-8-15(16)22-17-13(11-20-22)10-18-12-19-17/h1-9,11-12,21H,10H2,(H,18,19). The van der Waals surface area contributed by atoms with E-state index in [0.717, 1.165) is 5.56 Å². The molecule has 0 radical (unpaired) electrons. The Labute approximate surface area is 145 Å². The summed E-state index contributed by atoms with van der Waals surface area (Å²) in [6.45, 7) is 0.607. The second-order valence-corrected chi connectivity index (χ2v) is 7.13. The fraction of sp³-hybridized carbons (Fsp3) is 0.0588. The molecule has 126 valence electrons. The highest BCUT2D eigenvalue weighted by molar-refractivity contribution is 7.92. The maximum Gasteiger partial charge on any atom is 0.264 e. The van der Waals surface area contributed by atoms with Crippen molar-refractivity contribution in [2.75, 3.05) is 4.72 Å². The third kappa shape index (κ3) is 2.87. The molecule has 2 N–H and O–H groups in total. The van der Waals surface area contributed by atoms with Crippen molar-refractivity contribution in [2.45, 2.75) is 11.4 Å². The smallest absolute Gasteiger partial charge is 0.264 e. The zero-order valence-corrected chi connectivity index (χ0v) is 13.9. The molecule has 3 aromatic rings. The summed E-state index contributed by atoms with van der Waals surface area (Å²) in [7, 11) is -3.77. The summed E-state index contributed by atoms with van der Waals surface area (Å²) in [5.41, 5.74) is 1.86. The molecule has 0 spiro atoms. The van der Waals surface area contributed by atoms with Crippen LogP contribution >= 0.6 is 0 Å². The van der Waals surface area contributed by atoms with Crippen LogP contribution in [0.1, 0.15) is 5.56 Å². The number of para-hydroxylation sites is 2. The Bertz CT molecular complexity index is 1040. The quantitative estimate of drug-likeness (QED) is 0.754. The van der Waals surface area contributed by atoms with Gasteiger partial charge in [0.15, 0.2) is 5.82 Å². The maximum absolute atomic E-state index is 12.9. The van der Waals surface area contributed by atoms with Crippen molar-refractivity contribution in [3.05, 3.63) is 66.4 Å². The van der Waals surface area contributed by atoms with E-state index in [1.807, 2.05) is 6.07 Å². The number of nitrogens with one attached hydrogen (secondary N) is 2. The van der Waals surface area contributed by atoms with Gasteiger partial charge in [-0.1, -0.05) is 30.3 Å². The highest BCUT2D eigenvalue weighted by Crippen LogP contribution is 2.29. The van der Waals surface area contributed by atoms with Gasteiger partial charge in [-0.15, -0.1) is 0 Å². The van der Waals surface area contributed by atoms with Crippen LogP contribution in [0.15, 0.2) is 70.7 Å². The topological polar surface area (TPSA) is 88.4 Å². The lowest BCUT2D eigenvalue weighted by molar-refractivity contribution is 0.600. The van der Waals surface area contributed by atoms with Gasteiger partial charge in [-0.2, -0.15) is 5.10 Å². The second-order valence-electron chi connectivity index (χ2n) is 5.48. The van der Waals surface area contributed by atoms with E-state index in [2.05, 4.69) is 20.1 Å². The molecular weight excluding hydrogens is 338 g/mol. The highest BCUT2D eigenvalue weighted by atomic mass is 32.2. The van der Waals surface area contributed by atoms with Crippen LogP contribution in [0.5, 0.6) is 0 Å².